The first-order valence-electron chi connectivity index (χ1n) is 11.6. The van der Waals surface area contributed by atoms with Crippen molar-refractivity contribution in [1.82, 2.24) is 15.4 Å². The number of methoxy groups -OCH3 is 2. The maximum Gasteiger partial charge on any atom is 0.377 e. The Labute approximate surface area is 220 Å². The van der Waals surface area contributed by atoms with Crippen LogP contribution in [0.4, 0.5) is 0 Å². The van der Waals surface area contributed by atoms with Gasteiger partial charge in [-0.15, -0.1) is 0 Å². The van der Waals surface area contributed by atoms with Crippen LogP contribution >= 0.6 is 0 Å². The van der Waals surface area contributed by atoms with Crippen molar-refractivity contribution in [2.45, 2.75) is 62.5 Å². The summed E-state index contributed by atoms with van der Waals surface area (Å²) in [5.41, 5.74) is 8.12. The molecule has 0 aromatic heterocycles. The molecule has 0 saturated carbocycles. The van der Waals surface area contributed by atoms with E-state index in [1.165, 1.54) is 25.9 Å². The predicted molar refractivity (Wildman–Crippen MR) is 132 cm³/mol. The van der Waals surface area contributed by atoms with E-state index in [-0.39, 0.29) is 31.0 Å². The van der Waals surface area contributed by atoms with Crippen molar-refractivity contribution in [2.24, 2.45) is 5.11 Å². The lowest BCUT2D eigenvalue weighted by Gasteiger charge is -2.22. The van der Waals surface area contributed by atoms with Crippen LogP contribution in [-0.2, 0) is 38.2 Å². The number of ether oxygens (including phenoxy) is 2. The monoisotopic (exact) mass is 566 g/mol. The zero-order valence-corrected chi connectivity index (χ0v) is 22.4. The fourth-order valence-corrected chi connectivity index (χ4v) is 4.66. The summed E-state index contributed by atoms with van der Waals surface area (Å²) < 4.78 is 35.9. The highest BCUT2D eigenvalue weighted by molar-refractivity contribution is 7.86. The number of aliphatic hydroxyl groups is 1. The minimum Gasteiger partial charge on any atom is -0.480 e. The summed E-state index contributed by atoms with van der Waals surface area (Å²) in [6, 6.07) is -1.66. The fourth-order valence-electron chi connectivity index (χ4n) is 4.02. The van der Waals surface area contributed by atoms with Crippen molar-refractivity contribution in [3.05, 3.63) is 10.4 Å². The molecule has 3 aliphatic rings. The number of aliphatic carboxylic acids is 1. The summed E-state index contributed by atoms with van der Waals surface area (Å²) in [5, 5.41) is 35.7. The van der Waals surface area contributed by atoms with E-state index in [4.69, 9.17) is 19.9 Å². The summed E-state index contributed by atoms with van der Waals surface area (Å²) in [4.78, 5) is 36.7. The third-order valence-electron chi connectivity index (χ3n) is 5.78. The maximum atomic E-state index is 11.5. The number of carboxylic acids is 1. The molecule has 3 fully saturated rings. The van der Waals surface area contributed by atoms with Crippen molar-refractivity contribution in [2.75, 3.05) is 40.1 Å². The van der Waals surface area contributed by atoms with Crippen molar-refractivity contribution < 1.29 is 51.7 Å². The van der Waals surface area contributed by atoms with E-state index in [0.717, 1.165) is 6.26 Å². The normalized spacial score (nSPS) is 28.6. The van der Waals surface area contributed by atoms with Crippen molar-refractivity contribution >= 4 is 35.1 Å². The number of aliphatic hydroxyl groups excluding tert-OH is 1. The van der Waals surface area contributed by atoms with Crippen LogP contribution in [0.1, 0.15) is 19.3 Å². The van der Waals surface area contributed by atoms with E-state index in [1.807, 2.05) is 0 Å². The largest absolute Gasteiger partial charge is 0.480 e. The van der Waals surface area contributed by atoms with Crippen molar-refractivity contribution in [3.8, 4) is 0 Å². The number of rotatable bonds is 7. The van der Waals surface area contributed by atoms with E-state index in [1.54, 1.807) is 0 Å². The van der Waals surface area contributed by atoms with Crippen LogP contribution in [0.2, 0.25) is 6.82 Å². The van der Waals surface area contributed by atoms with Gasteiger partial charge in [0, 0.05) is 37.4 Å². The molecule has 3 rings (SSSR count). The molecular formula is C19H35BN6O11S. The topological polar surface area (TPSA) is 250 Å². The second-order valence-corrected chi connectivity index (χ2v) is 10.4. The number of carbonyl (C=O) groups is 3. The van der Waals surface area contributed by atoms with Crippen molar-refractivity contribution in [1.29, 1.82) is 0 Å². The van der Waals surface area contributed by atoms with Crippen molar-refractivity contribution in [3.63, 3.8) is 0 Å². The van der Waals surface area contributed by atoms with Crippen LogP contribution in [-0.4, -0.2) is 130 Å². The average Bonchev–Trinajstić information content (AvgIpc) is 3.58. The molecule has 0 amide bonds. The van der Waals surface area contributed by atoms with Gasteiger partial charge in [-0.1, -0.05) is 5.11 Å². The number of β-amino-alcohol motifs (C(OH)–C–C–N with tert-alkyl or cyclic N) is 1. The van der Waals surface area contributed by atoms with Gasteiger partial charge in [-0.3, -0.25) is 18.6 Å². The van der Waals surface area contributed by atoms with Crippen LogP contribution < -0.4 is 10.6 Å². The Balaban J connectivity index is 0.000000300. The summed E-state index contributed by atoms with van der Waals surface area (Å²) >= 11 is 0. The Morgan fingerprint density at radius 2 is 1.68 bits per heavy atom. The number of hydrogen-bond acceptors (Lipinski definition) is 14. The third-order valence-corrected chi connectivity index (χ3v) is 6.40. The molecule has 216 valence electrons. The van der Waals surface area contributed by atoms with Gasteiger partial charge >= 0.3 is 25.0 Å². The lowest BCUT2D eigenvalue weighted by Crippen LogP contribution is -2.45. The van der Waals surface area contributed by atoms with Crippen LogP contribution in [0.15, 0.2) is 5.11 Å². The number of esters is 2. The molecule has 17 nitrogen and oxygen atoms in total. The molecule has 6 atom stereocenters. The van der Waals surface area contributed by atoms with E-state index in [0.29, 0.717) is 25.9 Å². The zero-order valence-electron chi connectivity index (χ0n) is 21.6. The number of carboxylic acid groups (broad SMARTS) is 1. The Bertz CT molecular complexity index is 965. The number of carbonyl (C=O) groups excluding carboxylic acids is 2. The summed E-state index contributed by atoms with van der Waals surface area (Å²) in [6.45, 7) is 2.62. The molecule has 0 spiro atoms. The first-order chi connectivity index (χ1) is 17.7. The maximum absolute atomic E-state index is 11.5. The smallest absolute Gasteiger partial charge is 0.377 e. The van der Waals surface area contributed by atoms with Gasteiger partial charge < -0.3 is 40.2 Å². The molecule has 5 N–H and O–H groups in total. The molecule has 3 aliphatic heterocycles. The number of nitrogens with one attached hydrogen (secondary N) is 2. The van der Waals surface area contributed by atoms with E-state index in [2.05, 4.69) is 30.1 Å². The van der Waals surface area contributed by atoms with Gasteiger partial charge in [0.1, 0.15) is 18.1 Å². The van der Waals surface area contributed by atoms with Gasteiger partial charge in [-0.2, -0.15) is 8.42 Å². The average molecular weight is 566 g/mol. The first-order valence-corrected chi connectivity index (χ1v) is 13.4. The Kier molecular flexibility index (Phi) is 13.9. The highest BCUT2D eigenvalue weighted by Crippen LogP contribution is 2.23. The molecule has 0 radical (unpaired) electrons. The molecular weight excluding hydrogens is 531 g/mol. The van der Waals surface area contributed by atoms with Gasteiger partial charge in [-0.25, -0.2) is 0 Å². The number of nitrogens with zero attached hydrogens (tertiary/aromatic N) is 4. The van der Waals surface area contributed by atoms with Gasteiger partial charge in [0.15, 0.2) is 0 Å². The Morgan fingerprint density at radius 1 is 1.08 bits per heavy atom. The highest BCUT2D eigenvalue weighted by atomic mass is 32.2. The summed E-state index contributed by atoms with van der Waals surface area (Å²) in [7, 11) is -1.86. The molecule has 0 aromatic carbocycles. The van der Waals surface area contributed by atoms with Crippen LogP contribution in [0.25, 0.3) is 10.4 Å². The molecule has 3 heterocycles. The predicted octanol–water partition coefficient (Wildman–Crippen LogP) is -2.32. The minimum atomic E-state index is -3.57. The SMILES string of the molecule is COC(=O)[C@@H]1C[C@@H](OS(C)(=O)=O)CN1B(C)O.COC(=O)[C@@H]1C[C@H](N=[N+]=[N-])CN1.O=C(O)[C@@H]1C[C@@H](O)CN1. The third kappa shape index (κ3) is 11.5. The Hall–Kier alpha value is -2.51. The van der Waals surface area contributed by atoms with Gasteiger partial charge in [-0.05, 0) is 18.8 Å². The molecule has 3 saturated heterocycles. The van der Waals surface area contributed by atoms with E-state index < -0.39 is 53.4 Å². The van der Waals surface area contributed by atoms with Gasteiger partial charge in [0.05, 0.1) is 38.7 Å². The fraction of sp³-hybridized carbons (Fsp3) is 0.842. The first kappa shape index (κ1) is 33.5. The molecule has 19 heteroatoms. The van der Waals surface area contributed by atoms with Gasteiger partial charge in [0.2, 0.25) is 0 Å². The highest BCUT2D eigenvalue weighted by Gasteiger charge is 2.42. The molecule has 38 heavy (non-hydrogen) atoms. The molecule has 0 bridgehead atoms. The standard InChI is InChI=1S/C8H16BNO6S.C6H10N4O2.C5H9NO3/c1-9(12)10-5-6(16-17(3,13)14)4-7(10)8(11)15-2;1-12-6(11)5-2-4(3-8-5)9-10-7;7-3-1-4(5(8)9)6-2-3/h6-7,12H,4-5H2,1-3H3;4-5,8H,2-3H2,1H3;3-4,6-7H,1-2H2,(H,8,9)/t6-,7+;4-,5-;3-,4+/m101/s1. The second-order valence-electron chi connectivity index (χ2n) is 8.79. The van der Waals surface area contributed by atoms with Crippen LogP contribution in [0.3, 0.4) is 0 Å². The summed E-state index contributed by atoms with van der Waals surface area (Å²) in [5.74, 6) is -1.69. The molecule has 0 aliphatic carbocycles. The molecule has 0 aromatic rings. The quantitative estimate of drug-likeness (QED) is 0.0542. The minimum absolute atomic E-state index is 0.126. The molecule has 0 unspecified atom stereocenters. The van der Waals surface area contributed by atoms with E-state index >= 15 is 0 Å². The lowest BCUT2D eigenvalue weighted by molar-refractivity contribution is -0.145. The van der Waals surface area contributed by atoms with Crippen LogP contribution in [0.5, 0.6) is 0 Å². The number of azide groups is 1. The zero-order chi connectivity index (χ0) is 29.0. The van der Waals surface area contributed by atoms with Gasteiger partial charge in [0.25, 0.3) is 10.1 Å². The Morgan fingerprint density at radius 3 is 2.11 bits per heavy atom. The summed E-state index contributed by atoms with van der Waals surface area (Å²) in [6.07, 6.45) is 0.872. The van der Waals surface area contributed by atoms with Crippen LogP contribution in [0, 0.1) is 0 Å². The second kappa shape index (κ2) is 15.8. The lowest BCUT2D eigenvalue weighted by atomic mass is 9.84. The van der Waals surface area contributed by atoms with E-state index in [9.17, 15) is 27.8 Å². The number of hydrogen-bond donors (Lipinski definition) is 5.